The zero-order valence-electron chi connectivity index (χ0n) is 13.9. The van der Waals surface area contributed by atoms with Gasteiger partial charge in [-0.05, 0) is 48.6 Å². The molecule has 3 rings (SSSR count). The van der Waals surface area contributed by atoms with Crippen LogP contribution in [0.1, 0.15) is 34.8 Å². The van der Waals surface area contributed by atoms with Crippen molar-refractivity contribution in [1.29, 1.82) is 0 Å². The molecular formula is C19H19NO4S. The van der Waals surface area contributed by atoms with Gasteiger partial charge in [-0.15, -0.1) is 0 Å². The minimum absolute atomic E-state index is 0.0209. The largest absolute Gasteiger partial charge is 0.318 e. The van der Waals surface area contributed by atoms with E-state index in [1.165, 1.54) is 24.6 Å². The number of ketones is 1. The standard InChI is InChI=1S/C19H19NO4S/c1-2-25(23,24)17-9-4-3-8-16(17)20-19(22)18(21)15-11-10-13-6-5-7-14(13)12-15/h3-4,8-12H,2,5-7H2,1H3,(H,20,22). The highest BCUT2D eigenvalue weighted by Gasteiger charge is 2.22. The molecule has 0 aliphatic heterocycles. The number of benzene rings is 2. The van der Waals surface area contributed by atoms with Gasteiger partial charge in [0.1, 0.15) is 0 Å². The Balaban J connectivity index is 1.85. The first-order valence-corrected chi connectivity index (χ1v) is 9.87. The molecule has 130 valence electrons. The number of carbonyl (C=O) groups is 2. The lowest BCUT2D eigenvalue weighted by Crippen LogP contribution is -2.24. The molecule has 0 fully saturated rings. The Kier molecular flexibility index (Phi) is 4.72. The first-order chi connectivity index (χ1) is 11.9. The van der Waals surface area contributed by atoms with Gasteiger partial charge in [0.25, 0.3) is 11.7 Å². The second-order valence-electron chi connectivity index (χ2n) is 6.02. The smallest absolute Gasteiger partial charge is 0.296 e. The van der Waals surface area contributed by atoms with Gasteiger partial charge in [-0.2, -0.15) is 0 Å². The summed E-state index contributed by atoms with van der Waals surface area (Å²) in [4.78, 5) is 24.8. The molecule has 1 aliphatic carbocycles. The Hall–Kier alpha value is -2.47. The van der Waals surface area contributed by atoms with Crippen molar-refractivity contribution >= 4 is 27.2 Å². The molecule has 0 bridgehead atoms. The highest BCUT2D eigenvalue weighted by molar-refractivity contribution is 7.91. The monoisotopic (exact) mass is 357 g/mol. The molecule has 1 amide bonds. The van der Waals surface area contributed by atoms with Crippen molar-refractivity contribution in [2.75, 3.05) is 11.1 Å². The maximum absolute atomic E-state index is 12.4. The van der Waals surface area contributed by atoms with E-state index in [1.807, 2.05) is 6.07 Å². The average molecular weight is 357 g/mol. The van der Waals surface area contributed by atoms with E-state index in [1.54, 1.807) is 24.3 Å². The van der Waals surface area contributed by atoms with Crippen LogP contribution in [0.3, 0.4) is 0 Å². The summed E-state index contributed by atoms with van der Waals surface area (Å²) in [5.74, 6) is -1.59. The lowest BCUT2D eigenvalue weighted by atomic mass is 10.0. The van der Waals surface area contributed by atoms with Gasteiger partial charge >= 0.3 is 0 Å². The van der Waals surface area contributed by atoms with Crippen LogP contribution in [0.4, 0.5) is 5.69 Å². The average Bonchev–Trinajstić information content (AvgIpc) is 3.09. The number of fused-ring (bicyclic) bond motifs is 1. The van der Waals surface area contributed by atoms with E-state index in [9.17, 15) is 18.0 Å². The Morgan fingerprint density at radius 2 is 1.76 bits per heavy atom. The molecule has 5 nitrogen and oxygen atoms in total. The van der Waals surface area contributed by atoms with Crippen LogP contribution in [0, 0.1) is 0 Å². The minimum atomic E-state index is -3.50. The summed E-state index contributed by atoms with van der Waals surface area (Å²) in [5.41, 5.74) is 2.78. The number of carbonyl (C=O) groups excluding carboxylic acids is 2. The third kappa shape index (κ3) is 3.49. The van der Waals surface area contributed by atoms with Crippen LogP contribution in [-0.4, -0.2) is 25.9 Å². The van der Waals surface area contributed by atoms with Gasteiger partial charge in [0.2, 0.25) is 0 Å². The number of hydrogen-bond acceptors (Lipinski definition) is 4. The topological polar surface area (TPSA) is 80.3 Å². The second-order valence-corrected chi connectivity index (χ2v) is 8.27. The third-order valence-corrected chi connectivity index (χ3v) is 6.20. The fraction of sp³-hybridized carbons (Fsp3) is 0.263. The van der Waals surface area contributed by atoms with Crippen molar-refractivity contribution in [3.8, 4) is 0 Å². The van der Waals surface area contributed by atoms with E-state index in [0.29, 0.717) is 5.56 Å². The van der Waals surface area contributed by atoms with Crippen molar-refractivity contribution in [3.05, 3.63) is 59.2 Å². The predicted molar refractivity (Wildman–Crippen MR) is 95.6 cm³/mol. The number of aryl methyl sites for hydroxylation is 2. The number of para-hydroxylation sites is 1. The van der Waals surface area contributed by atoms with Gasteiger partial charge in [0.15, 0.2) is 9.84 Å². The van der Waals surface area contributed by atoms with E-state index in [4.69, 9.17) is 0 Å². The number of amides is 1. The predicted octanol–water partition coefficient (Wildman–Crippen LogP) is 2.79. The van der Waals surface area contributed by atoms with Crippen LogP contribution >= 0.6 is 0 Å². The molecule has 6 heteroatoms. The molecule has 2 aromatic rings. The van der Waals surface area contributed by atoms with Crippen LogP contribution in [0.5, 0.6) is 0 Å². The number of nitrogens with one attached hydrogen (secondary N) is 1. The Labute approximate surface area is 147 Å². The molecular weight excluding hydrogens is 338 g/mol. The van der Waals surface area contributed by atoms with Gasteiger partial charge in [-0.25, -0.2) is 8.42 Å². The second kappa shape index (κ2) is 6.80. The summed E-state index contributed by atoms with van der Waals surface area (Å²) in [6.45, 7) is 1.53. The Morgan fingerprint density at radius 1 is 1.04 bits per heavy atom. The SMILES string of the molecule is CCS(=O)(=O)c1ccccc1NC(=O)C(=O)c1ccc2c(c1)CCC2. The maximum atomic E-state index is 12.4. The van der Waals surface area contributed by atoms with Gasteiger partial charge in [-0.3, -0.25) is 9.59 Å². The quantitative estimate of drug-likeness (QED) is 0.659. The minimum Gasteiger partial charge on any atom is -0.318 e. The molecule has 25 heavy (non-hydrogen) atoms. The van der Waals surface area contributed by atoms with Crippen LogP contribution < -0.4 is 5.32 Å². The van der Waals surface area contributed by atoms with Gasteiger partial charge in [0, 0.05) is 5.56 Å². The zero-order chi connectivity index (χ0) is 18.0. The van der Waals surface area contributed by atoms with Crippen LogP contribution in [-0.2, 0) is 27.5 Å². The number of hydrogen-bond donors (Lipinski definition) is 1. The summed E-state index contributed by atoms with van der Waals surface area (Å²) in [6.07, 6.45) is 2.97. The number of Topliss-reactive ketones (excluding diaryl/α,β-unsaturated/α-hetero) is 1. The van der Waals surface area contributed by atoms with Crippen molar-refractivity contribution in [1.82, 2.24) is 0 Å². The molecule has 0 aromatic heterocycles. The van der Waals surface area contributed by atoms with Crippen molar-refractivity contribution in [3.63, 3.8) is 0 Å². The highest BCUT2D eigenvalue weighted by atomic mass is 32.2. The molecule has 0 heterocycles. The van der Waals surface area contributed by atoms with E-state index in [-0.39, 0.29) is 16.3 Å². The molecule has 0 saturated heterocycles. The zero-order valence-corrected chi connectivity index (χ0v) is 14.7. The van der Waals surface area contributed by atoms with Gasteiger partial charge in [-0.1, -0.05) is 31.2 Å². The summed E-state index contributed by atoms with van der Waals surface area (Å²) >= 11 is 0. The molecule has 1 N–H and O–H groups in total. The first-order valence-electron chi connectivity index (χ1n) is 8.21. The molecule has 2 aromatic carbocycles. The summed E-state index contributed by atoms with van der Waals surface area (Å²) in [7, 11) is -3.50. The van der Waals surface area contributed by atoms with E-state index >= 15 is 0 Å². The molecule has 0 unspecified atom stereocenters. The molecule has 0 radical (unpaired) electrons. The van der Waals surface area contributed by atoms with Crippen molar-refractivity contribution in [2.45, 2.75) is 31.1 Å². The molecule has 1 aliphatic rings. The van der Waals surface area contributed by atoms with Crippen LogP contribution in [0.15, 0.2) is 47.4 Å². The normalized spacial score (nSPS) is 13.3. The molecule has 0 spiro atoms. The summed E-state index contributed by atoms with van der Waals surface area (Å²) in [6, 6.07) is 11.4. The van der Waals surface area contributed by atoms with Gasteiger partial charge < -0.3 is 5.32 Å². The van der Waals surface area contributed by atoms with Crippen molar-refractivity contribution < 1.29 is 18.0 Å². The number of rotatable bonds is 5. The molecule has 0 atom stereocenters. The maximum Gasteiger partial charge on any atom is 0.296 e. The van der Waals surface area contributed by atoms with E-state index < -0.39 is 21.5 Å². The van der Waals surface area contributed by atoms with Gasteiger partial charge in [0.05, 0.1) is 16.3 Å². The number of sulfone groups is 1. The first kappa shape index (κ1) is 17.4. The van der Waals surface area contributed by atoms with Crippen LogP contribution in [0.2, 0.25) is 0 Å². The summed E-state index contributed by atoms with van der Waals surface area (Å²) < 4.78 is 24.3. The Bertz CT molecular complexity index is 948. The number of anilines is 1. The fourth-order valence-electron chi connectivity index (χ4n) is 3.02. The van der Waals surface area contributed by atoms with E-state index in [0.717, 1.165) is 24.8 Å². The lowest BCUT2D eigenvalue weighted by molar-refractivity contribution is -0.112. The highest BCUT2D eigenvalue weighted by Crippen LogP contribution is 2.24. The lowest BCUT2D eigenvalue weighted by Gasteiger charge is -2.10. The van der Waals surface area contributed by atoms with Crippen molar-refractivity contribution in [2.24, 2.45) is 0 Å². The molecule has 0 saturated carbocycles. The van der Waals surface area contributed by atoms with E-state index in [2.05, 4.69) is 5.32 Å². The fourth-order valence-corrected chi connectivity index (χ4v) is 4.07. The summed E-state index contributed by atoms with van der Waals surface area (Å²) in [5, 5.41) is 2.45. The Morgan fingerprint density at radius 3 is 2.52 bits per heavy atom. The third-order valence-electron chi connectivity index (χ3n) is 4.42. The van der Waals surface area contributed by atoms with Crippen LogP contribution in [0.25, 0.3) is 0 Å².